The third kappa shape index (κ3) is 4.31. The molecule has 1 aromatic carbocycles. The summed E-state index contributed by atoms with van der Waals surface area (Å²) in [7, 11) is 0. The number of rotatable bonds is 3. The first-order valence-electron chi connectivity index (χ1n) is 10.5. The zero-order chi connectivity index (χ0) is 21.4. The molecule has 3 aliphatic heterocycles. The van der Waals surface area contributed by atoms with Gasteiger partial charge >= 0.3 is 0 Å². The van der Waals surface area contributed by atoms with Crippen LogP contribution in [-0.4, -0.2) is 48.2 Å². The highest BCUT2D eigenvalue weighted by atomic mass is 35.5. The Hall–Kier alpha value is -2.16. The number of hydrogen-bond donors (Lipinski definition) is 4. The first kappa shape index (κ1) is 21.1. The van der Waals surface area contributed by atoms with Gasteiger partial charge in [-0.25, -0.2) is 0 Å². The lowest BCUT2D eigenvalue weighted by molar-refractivity contribution is -0.148. The molecule has 0 spiro atoms. The van der Waals surface area contributed by atoms with Gasteiger partial charge in [0.25, 0.3) is 0 Å². The minimum atomic E-state index is -0.766. The fourth-order valence-corrected chi connectivity index (χ4v) is 4.80. The molecule has 3 aliphatic rings. The average Bonchev–Trinajstić information content (AvgIpc) is 2.69. The van der Waals surface area contributed by atoms with Gasteiger partial charge in [0.05, 0.1) is 18.0 Å². The van der Waals surface area contributed by atoms with Crippen molar-refractivity contribution in [2.24, 2.45) is 17.8 Å². The topological polar surface area (TPSA) is 103 Å². The quantitative estimate of drug-likeness (QED) is 0.577. The van der Waals surface area contributed by atoms with Gasteiger partial charge in [-0.15, -0.1) is 0 Å². The van der Waals surface area contributed by atoms with Crippen molar-refractivity contribution in [2.75, 3.05) is 18.4 Å². The standard InChI is InChI=1S/C21H28ClN5O3/c1-11-4-3-7-27(10-11)21-25-18-17(20(30)26-21)14(9-16(28)24-18)19(29)23-13-6-5-12(2)15(22)8-13/h5-6,8,11,14,17-18,21,25H,3-4,7,9-10H2,1-2H3,(H,23,29)(H,24,28)(H,26,30). The summed E-state index contributed by atoms with van der Waals surface area (Å²) >= 11 is 6.15. The molecule has 30 heavy (non-hydrogen) atoms. The van der Waals surface area contributed by atoms with Gasteiger partial charge in [0.2, 0.25) is 17.7 Å². The molecule has 8 nitrogen and oxygen atoms in total. The molecular formula is C21H28ClN5O3. The van der Waals surface area contributed by atoms with E-state index >= 15 is 0 Å². The van der Waals surface area contributed by atoms with E-state index in [1.54, 1.807) is 12.1 Å². The summed E-state index contributed by atoms with van der Waals surface area (Å²) in [6.07, 6.45) is 1.28. The highest BCUT2D eigenvalue weighted by Gasteiger charge is 2.49. The van der Waals surface area contributed by atoms with Crippen molar-refractivity contribution >= 4 is 35.0 Å². The molecule has 4 N–H and O–H groups in total. The number of piperidine rings is 2. The number of likely N-dealkylation sites (tertiary alicyclic amines) is 1. The Morgan fingerprint density at radius 2 is 2.07 bits per heavy atom. The maximum Gasteiger partial charge on any atom is 0.229 e. The van der Waals surface area contributed by atoms with Crippen LogP contribution in [0.15, 0.2) is 18.2 Å². The second kappa shape index (κ2) is 8.53. The number of anilines is 1. The van der Waals surface area contributed by atoms with E-state index in [0.717, 1.165) is 25.1 Å². The van der Waals surface area contributed by atoms with Crippen LogP contribution in [0.3, 0.4) is 0 Å². The van der Waals surface area contributed by atoms with Crippen molar-refractivity contribution in [3.63, 3.8) is 0 Å². The number of benzene rings is 1. The van der Waals surface area contributed by atoms with Crippen LogP contribution in [0, 0.1) is 24.7 Å². The number of carbonyl (C=O) groups excluding carboxylic acids is 3. The molecule has 0 aliphatic carbocycles. The molecule has 162 valence electrons. The lowest BCUT2D eigenvalue weighted by atomic mass is 9.81. The first-order chi connectivity index (χ1) is 14.3. The van der Waals surface area contributed by atoms with Gasteiger partial charge in [-0.05, 0) is 43.4 Å². The summed E-state index contributed by atoms with van der Waals surface area (Å²) in [5, 5.41) is 12.6. The molecule has 0 aromatic heterocycles. The number of nitrogens with one attached hydrogen (secondary N) is 4. The summed E-state index contributed by atoms with van der Waals surface area (Å²) in [4.78, 5) is 40.5. The Morgan fingerprint density at radius 3 is 2.80 bits per heavy atom. The number of carbonyl (C=O) groups is 3. The Bertz CT molecular complexity index is 863. The summed E-state index contributed by atoms with van der Waals surface area (Å²) in [5.41, 5.74) is 1.45. The van der Waals surface area contributed by atoms with E-state index < -0.39 is 18.0 Å². The van der Waals surface area contributed by atoms with Crippen molar-refractivity contribution in [2.45, 2.75) is 45.6 Å². The minimum Gasteiger partial charge on any atom is -0.340 e. The van der Waals surface area contributed by atoms with Crippen LogP contribution in [0.1, 0.15) is 31.7 Å². The molecule has 3 saturated heterocycles. The number of fused-ring (bicyclic) bond motifs is 1. The van der Waals surface area contributed by atoms with Gasteiger partial charge < -0.3 is 16.0 Å². The van der Waals surface area contributed by atoms with Crippen molar-refractivity contribution in [3.05, 3.63) is 28.8 Å². The second-order valence-electron chi connectivity index (χ2n) is 8.65. The van der Waals surface area contributed by atoms with Crippen LogP contribution < -0.4 is 21.3 Å². The summed E-state index contributed by atoms with van der Waals surface area (Å²) in [5.74, 6) is -1.72. The number of halogens is 1. The molecule has 0 radical (unpaired) electrons. The van der Waals surface area contributed by atoms with E-state index in [2.05, 4.69) is 33.1 Å². The third-order valence-electron chi connectivity index (χ3n) is 6.26. The minimum absolute atomic E-state index is 0.0346. The van der Waals surface area contributed by atoms with Crippen LogP contribution >= 0.6 is 11.6 Å². The summed E-state index contributed by atoms with van der Waals surface area (Å²) in [6.45, 7) is 5.83. The zero-order valence-corrected chi connectivity index (χ0v) is 18.0. The van der Waals surface area contributed by atoms with E-state index in [4.69, 9.17) is 11.6 Å². The lowest BCUT2D eigenvalue weighted by Gasteiger charge is -2.47. The predicted octanol–water partition coefficient (Wildman–Crippen LogP) is 1.40. The molecule has 0 bridgehead atoms. The van der Waals surface area contributed by atoms with E-state index in [-0.39, 0.29) is 30.4 Å². The monoisotopic (exact) mass is 433 g/mol. The van der Waals surface area contributed by atoms with Crippen LogP contribution in [0.25, 0.3) is 0 Å². The Balaban J connectivity index is 1.49. The molecule has 3 heterocycles. The van der Waals surface area contributed by atoms with Gasteiger partial charge in [-0.1, -0.05) is 24.6 Å². The van der Waals surface area contributed by atoms with Crippen molar-refractivity contribution in [1.29, 1.82) is 0 Å². The van der Waals surface area contributed by atoms with E-state index in [1.165, 1.54) is 6.42 Å². The van der Waals surface area contributed by atoms with E-state index in [1.807, 2.05) is 13.0 Å². The molecule has 3 fully saturated rings. The van der Waals surface area contributed by atoms with Gasteiger partial charge in [0.1, 0.15) is 6.29 Å². The Morgan fingerprint density at radius 1 is 1.27 bits per heavy atom. The number of nitrogens with zero attached hydrogens (tertiary/aromatic N) is 1. The first-order valence-corrected chi connectivity index (χ1v) is 10.9. The molecule has 5 atom stereocenters. The lowest BCUT2D eigenvalue weighted by Crippen LogP contribution is -2.74. The van der Waals surface area contributed by atoms with Gasteiger partial charge in [0.15, 0.2) is 0 Å². The fourth-order valence-electron chi connectivity index (χ4n) is 4.62. The molecule has 9 heteroatoms. The van der Waals surface area contributed by atoms with E-state index in [9.17, 15) is 14.4 Å². The van der Waals surface area contributed by atoms with E-state index in [0.29, 0.717) is 16.6 Å². The molecular weight excluding hydrogens is 406 g/mol. The molecule has 3 amide bonds. The highest BCUT2D eigenvalue weighted by molar-refractivity contribution is 6.31. The van der Waals surface area contributed by atoms with Gasteiger partial charge in [-0.3, -0.25) is 24.6 Å². The maximum atomic E-state index is 13.0. The van der Waals surface area contributed by atoms with Gasteiger partial charge in [0, 0.05) is 30.2 Å². The second-order valence-corrected chi connectivity index (χ2v) is 9.06. The smallest absolute Gasteiger partial charge is 0.229 e. The van der Waals surface area contributed by atoms with Crippen molar-refractivity contribution in [3.8, 4) is 0 Å². The number of hydrogen-bond acceptors (Lipinski definition) is 5. The average molecular weight is 434 g/mol. The maximum absolute atomic E-state index is 13.0. The van der Waals surface area contributed by atoms with Gasteiger partial charge in [-0.2, -0.15) is 0 Å². The number of amides is 3. The Labute approximate surface area is 181 Å². The van der Waals surface area contributed by atoms with Crippen LogP contribution in [-0.2, 0) is 14.4 Å². The van der Waals surface area contributed by atoms with Crippen molar-refractivity contribution in [1.82, 2.24) is 20.9 Å². The molecule has 1 aromatic rings. The SMILES string of the molecule is Cc1ccc(NC(=O)C2CC(=O)NC3NC(N4CCCC(C)C4)NC(=O)C32)cc1Cl. The fraction of sp³-hybridized carbons (Fsp3) is 0.571. The van der Waals surface area contributed by atoms with Crippen LogP contribution in [0.2, 0.25) is 5.02 Å². The zero-order valence-electron chi connectivity index (χ0n) is 17.2. The van der Waals surface area contributed by atoms with Crippen LogP contribution in [0.5, 0.6) is 0 Å². The molecule has 4 rings (SSSR count). The van der Waals surface area contributed by atoms with Crippen molar-refractivity contribution < 1.29 is 14.4 Å². The summed E-state index contributed by atoms with van der Waals surface area (Å²) in [6, 6.07) is 5.24. The summed E-state index contributed by atoms with van der Waals surface area (Å²) < 4.78 is 0. The normalized spacial score (nSPS) is 32.0. The third-order valence-corrected chi connectivity index (χ3v) is 6.67. The highest BCUT2D eigenvalue weighted by Crippen LogP contribution is 2.29. The Kier molecular flexibility index (Phi) is 5.99. The largest absolute Gasteiger partial charge is 0.340 e. The molecule has 5 unspecified atom stereocenters. The number of aryl methyl sites for hydroxylation is 1. The van der Waals surface area contributed by atoms with Crippen LogP contribution in [0.4, 0.5) is 5.69 Å². The predicted molar refractivity (Wildman–Crippen MR) is 113 cm³/mol. The molecule has 0 saturated carbocycles.